The second kappa shape index (κ2) is 5.01. The highest BCUT2D eigenvalue weighted by Crippen LogP contribution is 2.25. The third-order valence-corrected chi connectivity index (χ3v) is 2.91. The van der Waals surface area contributed by atoms with Crippen molar-refractivity contribution in [3.05, 3.63) is 18.0 Å². The summed E-state index contributed by atoms with van der Waals surface area (Å²) in [6.07, 6.45) is 3.66. The molecule has 0 spiro atoms. The van der Waals surface area contributed by atoms with E-state index in [0.29, 0.717) is 12.5 Å². The van der Waals surface area contributed by atoms with Gasteiger partial charge in [-0.2, -0.15) is 5.10 Å². The quantitative estimate of drug-likeness (QED) is 0.830. The maximum Gasteiger partial charge on any atom is 0.409 e. The van der Waals surface area contributed by atoms with Crippen molar-refractivity contribution >= 4 is 6.09 Å². The van der Waals surface area contributed by atoms with Gasteiger partial charge in [-0.15, -0.1) is 0 Å². The molecule has 5 heteroatoms. The summed E-state index contributed by atoms with van der Waals surface area (Å²) in [6.45, 7) is 3.78. The zero-order chi connectivity index (χ0) is 11.4. The van der Waals surface area contributed by atoms with Crippen molar-refractivity contribution < 1.29 is 9.53 Å². The van der Waals surface area contributed by atoms with Gasteiger partial charge in [0, 0.05) is 30.9 Å². The first-order valence-electron chi connectivity index (χ1n) is 5.72. The predicted octanol–water partition coefficient (Wildman–Crippen LogP) is 1.75. The maximum atomic E-state index is 11.6. The van der Waals surface area contributed by atoms with E-state index in [4.69, 9.17) is 4.74 Å². The number of amides is 1. The van der Waals surface area contributed by atoms with Crippen LogP contribution in [0.2, 0.25) is 0 Å². The number of hydrogen-bond donors (Lipinski definition) is 1. The smallest absolute Gasteiger partial charge is 0.409 e. The van der Waals surface area contributed by atoms with Crippen LogP contribution < -0.4 is 0 Å². The van der Waals surface area contributed by atoms with E-state index in [1.165, 1.54) is 0 Å². The molecule has 1 aromatic rings. The SMILES string of the molecule is CCOC(=O)N1CCCC(c2ccn[nH]2)C1. The number of carbonyl (C=O) groups is 1. The molecule has 0 radical (unpaired) electrons. The van der Waals surface area contributed by atoms with Crippen LogP contribution >= 0.6 is 0 Å². The summed E-state index contributed by atoms with van der Waals surface area (Å²) in [6, 6.07) is 1.97. The lowest BCUT2D eigenvalue weighted by Gasteiger charge is -2.31. The van der Waals surface area contributed by atoms with Crippen LogP contribution in [0.5, 0.6) is 0 Å². The summed E-state index contributed by atoms with van der Waals surface area (Å²) >= 11 is 0. The third kappa shape index (κ3) is 2.35. The average Bonchev–Trinajstić information content (AvgIpc) is 2.83. The zero-order valence-electron chi connectivity index (χ0n) is 9.48. The van der Waals surface area contributed by atoms with Crippen LogP contribution in [0.25, 0.3) is 0 Å². The van der Waals surface area contributed by atoms with Gasteiger partial charge >= 0.3 is 6.09 Å². The number of nitrogens with one attached hydrogen (secondary N) is 1. The topological polar surface area (TPSA) is 58.2 Å². The Morgan fingerprint density at radius 2 is 2.62 bits per heavy atom. The predicted molar refractivity (Wildman–Crippen MR) is 59.2 cm³/mol. The van der Waals surface area contributed by atoms with E-state index in [9.17, 15) is 4.79 Å². The van der Waals surface area contributed by atoms with Crippen molar-refractivity contribution in [2.24, 2.45) is 0 Å². The molecular formula is C11H17N3O2. The van der Waals surface area contributed by atoms with Gasteiger partial charge in [-0.25, -0.2) is 4.79 Å². The van der Waals surface area contributed by atoms with Gasteiger partial charge in [-0.3, -0.25) is 5.10 Å². The van der Waals surface area contributed by atoms with Gasteiger partial charge in [0.25, 0.3) is 0 Å². The fourth-order valence-corrected chi connectivity index (χ4v) is 2.11. The Balaban J connectivity index is 1.96. The van der Waals surface area contributed by atoms with Crippen molar-refractivity contribution in [1.29, 1.82) is 0 Å². The number of carbonyl (C=O) groups excluding carboxylic acids is 1. The van der Waals surface area contributed by atoms with Crippen LogP contribution in [-0.4, -0.2) is 40.9 Å². The van der Waals surface area contributed by atoms with E-state index >= 15 is 0 Å². The lowest BCUT2D eigenvalue weighted by molar-refractivity contribution is 0.0955. The molecule has 2 heterocycles. The Bertz CT molecular complexity index is 337. The highest BCUT2D eigenvalue weighted by Gasteiger charge is 2.25. The van der Waals surface area contributed by atoms with Crippen LogP contribution in [0, 0.1) is 0 Å². The van der Waals surface area contributed by atoms with Gasteiger partial charge < -0.3 is 9.64 Å². The van der Waals surface area contributed by atoms with Gasteiger partial charge in [0.15, 0.2) is 0 Å². The monoisotopic (exact) mass is 223 g/mol. The van der Waals surface area contributed by atoms with E-state index in [1.807, 2.05) is 13.0 Å². The largest absolute Gasteiger partial charge is 0.450 e. The molecule has 0 aromatic carbocycles. The van der Waals surface area contributed by atoms with Crippen molar-refractivity contribution in [2.75, 3.05) is 19.7 Å². The normalized spacial score (nSPS) is 20.8. The summed E-state index contributed by atoms with van der Waals surface area (Å²) in [5.74, 6) is 0.362. The minimum absolute atomic E-state index is 0.202. The number of ether oxygens (including phenoxy) is 1. The van der Waals surface area contributed by atoms with Crippen molar-refractivity contribution in [1.82, 2.24) is 15.1 Å². The lowest BCUT2D eigenvalue weighted by atomic mass is 9.95. The van der Waals surface area contributed by atoms with E-state index < -0.39 is 0 Å². The summed E-state index contributed by atoms with van der Waals surface area (Å²) in [5.41, 5.74) is 1.11. The highest BCUT2D eigenvalue weighted by molar-refractivity contribution is 5.67. The first-order chi connectivity index (χ1) is 7.81. The Kier molecular flexibility index (Phi) is 3.44. The maximum absolute atomic E-state index is 11.6. The molecule has 16 heavy (non-hydrogen) atoms. The number of piperidine rings is 1. The molecule has 2 rings (SSSR count). The number of H-pyrrole nitrogens is 1. The van der Waals surface area contributed by atoms with E-state index in [-0.39, 0.29) is 6.09 Å². The van der Waals surface area contributed by atoms with Gasteiger partial charge in [0.2, 0.25) is 0 Å². The Hall–Kier alpha value is -1.52. The highest BCUT2D eigenvalue weighted by atomic mass is 16.6. The van der Waals surface area contributed by atoms with Crippen LogP contribution in [0.3, 0.4) is 0 Å². The Labute approximate surface area is 94.8 Å². The fraction of sp³-hybridized carbons (Fsp3) is 0.636. The number of hydrogen-bond acceptors (Lipinski definition) is 3. The molecule has 1 atom stereocenters. The van der Waals surface area contributed by atoms with Crippen molar-refractivity contribution in [2.45, 2.75) is 25.7 Å². The molecule has 0 aliphatic carbocycles. The number of likely N-dealkylation sites (tertiary alicyclic amines) is 1. The fourth-order valence-electron chi connectivity index (χ4n) is 2.11. The first-order valence-corrected chi connectivity index (χ1v) is 5.72. The Morgan fingerprint density at radius 3 is 3.31 bits per heavy atom. The molecule has 1 N–H and O–H groups in total. The van der Waals surface area contributed by atoms with Crippen molar-refractivity contribution in [3.8, 4) is 0 Å². The van der Waals surface area contributed by atoms with Crippen molar-refractivity contribution in [3.63, 3.8) is 0 Å². The summed E-state index contributed by atoms with van der Waals surface area (Å²) < 4.78 is 5.01. The van der Waals surface area contributed by atoms with E-state index in [2.05, 4.69) is 10.2 Å². The van der Waals surface area contributed by atoms with Gasteiger partial charge in [-0.05, 0) is 25.8 Å². The molecular weight excluding hydrogens is 206 g/mol. The molecule has 0 bridgehead atoms. The van der Waals surface area contributed by atoms with E-state index in [1.54, 1.807) is 11.1 Å². The third-order valence-electron chi connectivity index (χ3n) is 2.91. The Morgan fingerprint density at radius 1 is 1.75 bits per heavy atom. The molecule has 1 amide bonds. The summed E-state index contributed by atoms with van der Waals surface area (Å²) in [5, 5.41) is 6.91. The molecule has 0 saturated carbocycles. The number of aromatic nitrogens is 2. The summed E-state index contributed by atoms with van der Waals surface area (Å²) in [4.78, 5) is 13.4. The second-order valence-electron chi connectivity index (χ2n) is 4.00. The van der Waals surface area contributed by atoms with Gasteiger partial charge in [0.1, 0.15) is 0 Å². The number of aromatic amines is 1. The molecule has 1 fully saturated rings. The molecule has 1 saturated heterocycles. The van der Waals surface area contributed by atoms with Crippen LogP contribution in [0.15, 0.2) is 12.3 Å². The van der Waals surface area contributed by atoms with Gasteiger partial charge in [0.05, 0.1) is 6.61 Å². The minimum Gasteiger partial charge on any atom is -0.450 e. The van der Waals surface area contributed by atoms with Gasteiger partial charge in [-0.1, -0.05) is 0 Å². The number of nitrogens with zero attached hydrogens (tertiary/aromatic N) is 2. The van der Waals surface area contributed by atoms with Crippen LogP contribution in [-0.2, 0) is 4.74 Å². The average molecular weight is 223 g/mol. The van der Waals surface area contributed by atoms with Crippen LogP contribution in [0.1, 0.15) is 31.4 Å². The molecule has 88 valence electrons. The van der Waals surface area contributed by atoms with E-state index in [0.717, 1.165) is 31.6 Å². The molecule has 5 nitrogen and oxygen atoms in total. The molecule has 1 aliphatic rings. The second-order valence-corrected chi connectivity index (χ2v) is 4.00. The lowest BCUT2D eigenvalue weighted by Crippen LogP contribution is -2.39. The minimum atomic E-state index is -0.202. The molecule has 1 unspecified atom stereocenters. The molecule has 1 aliphatic heterocycles. The standard InChI is InChI=1S/C11H17N3O2/c1-2-16-11(15)14-7-3-4-9(8-14)10-5-6-12-13-10/h5-6,9H,2-4,7-8H2,1H3,(H,12,13). The summed E-state index contributed by atoms with van der Waals surface area (Å²) in [7, 11) is 0. The van der Waals surface area contributed by atoms with Crippen LogP contribution in [0.4, 0.5) is 4.79 Å². The first kappa shape index (κ1) is 11.0. The number of rotatable bonds is 2. The zero-order valence-corrected chi connectivity index (χ0v) is 9.48. The molecule has 1 aromatic heterocycles.